The van der Waals surface area contributed by atoms with Crippen molar-refractivity contribution in [2.75, 3.05) is 0 Å². The van der Waals surface area contributed by atoms with E-state index in [0.29, 0.717) is 0 Å². The molecule has 0 saturated heterocycles. The van der Waals surface area contributed by atoms with E-state index in [1.54, 1.807) is 12.3 Å². The highest BCUT2D eigenvalue weighted by atomic mass is 16.2. The highest BCUT2D eigenvalue weighted by molar-refractivity contribution is 5.76. The first-order valence-electron chi connectivity index (χ1n) is 5.43. The largest absolute Gasteiger partial charge is 0.354 e. The average molecular weight is 233 g/mol. The van der Waals surface area contributed by atoms with Gasteiger partial charge < -0.3 is 9.88 Å². The summed E-state index contributed by atoms with van der Waals surface area (Å²) in [6.45, 7) is 4.04. The van der Waals surface area contributed by atoms with E-state index in [-0.39, 0.29) is 36.0 Å². The molecule has 1 N–H and O–H groups in total. The lowest BCUT2D eigenvalue weighted by atomic mass is 10.3. The molecule has 1 rings (SSSR count). The number of nitriles is 1. The van der Waals surface area contributed by atoms with Crippen LogP contribution in [0.25, 0.3) is 0 Å². The van der Waals surface area contributed by atoms with Crippen LogP contribution in [0, 0.1) is 11.3 Å². The maximum absolute atomic E-state index is 11.6. The normalized spacial score (nSPS) is 10.0. The number of amides is 1. The van der Waals surface area contributed by atoms with Gasteiger partial charge in [-0.25, -0.2) is 0 Å². The molecule has 1 aromatic rings. The van der Waals surface area contributed by atoms with Gasteiger partial charge in [0.25, 0.3) is 5.56 Å². The molecule has 90 valence electrons. The van der Waals surface area contributed by atoms with Gasteiger partial charge in [-0.3, -0.25) is 9.59 Å². The number of nitrogens with one attached hydrogen (secondary N) is 1. The van der Waals surface area contributed by atoms with E-state index in [9.17, 15) is 9.59 Å². The van der Waals surface area contributed by atoms with E-state index >= 15 is 0 Å². The summed E-state index contributed by atoms with van der Waals surface area (Å²) in [5.74, 6) is -0.103. The molecule has 1 amide bonds. The molecule has 0 spiro atoms. The van der Waals surface area contributed by atoms with Crippen molar-refractivity contribution in [1.29, 1.82) is 5.26 Å². The Morgan fingerprint density at radius 1 is 1.59 bits per heavy atom. The topological polar surface area (TPSA) is 74.9 Å². The number of nitrogens with zero attached hydrogens (tertiary/aromatic N) is 2. The molecule has 5 nitrogen and oxygen atoms in total. The second-order valence-electron chi connectivity index (χ2n) is 4.00. The number of pyridine rings is 1. The highest BCUT2D eigenvalue weighted by Gasteiger charge is 2.06. The summed E-state index contributed by atoms with van der Waals surface area (Å²) in [5, 5.41) is 11.4. The van der Waals surface area contributed by atoms with Crippen LogP contribution in [0.4, 0.5) is 0 Å². The minimum Gasteiger partial charge on any atom is -0.354 e. The Bertz CT molecular complexity index is 497. The Hall–Kier alpha value is -2.09. The molecule has 0 atom stereocenters. The summed E-state index contributed by atoms with van der Waals surface area (Å²) < 4.78 is 1.37. The van der Waals surface area contributed by atoms with Crippen molar-refractivity contribution in [3.63, 3.8) is 0 Å². The predicted octanol–water partition coefficient (Wildman–Crippen LogP) is 0.635. The third-order valence-electron chi connectivity index (χ3n) is 2.17. The molecular formula is C12H15N3O2. The van der Waals surface area contributed by atoms with Gasteiger partial charge >= 0.3 is 0 Å². The van der Waals surface area contributed by atoms with Gasteiger partial charge in [0.2, 0.25) is 5.91 Å². The van der Waals surface area contributed by atoms with Crippen molar-refractivity contribution in [3.8, 4) is 6.07 Å². The van der Waals surface area contributed by atoms with E-state index < -0.39 is 0 Å². The molecule has 1 aromatic heterocycles. The Balaban J connectivity index is 2.68. The summed E-state index contributed by atoms with van der Waals surface area (Å²) in [5.41, 5.74) is -0.260. The van der Waals surface area contributed by atoms with E-state index in [1.165, 1.54) is 10.6 Å². The molecule has 0 aliphatic carbocycles. The summed E-state index contributed by atoms with van der Waals surface area (Å²) >= 11 is 0. The standard InChI is InChI=1S/C12H15N3O2/c1-9(2)14-11(16)5-7-15-6-3-4-10(8-13)12(15)17/h3-4,6,9H,5,7H2,1-2H3,(H,14,16). The number of carbonyl (C=O) groups excluding carboxylic acids is 1. The SMILES string of the molecule is CC(C)NC(=O)CCn1cccc(C#N)c1=O. The maximum Gasteiger partial charge on any atom is 0.268 e. The van der Waals surface area contributed by atoms with Crippen molar-refractivity contribution in [3.05, 3.63) is 34.2 Å². The van der Waals surface area contributed by atoms with Crippen molar-refractivity contribution in [2.24, 2.45) is 0 Å². The lowest BCUT2D eigenvalue weighted by Gasteiger charge is -2.09. The minimum absolute atomic E-state index is 0.0877. The zero-order valence-corrected chi connectivity index (χ0v) is 9.93. The van der Waals surface area contributed by atoms with Gasteiger partial charge in [0, 0.05) is 25.2 Å². The highest BCUT2D eigenvalue weighted by Crippen LogP contribution is 1.93. The van der Waals surface area contributed by atoms with E-state index in [1.807, 2.05) is 19.9 Å². The fraction of sp³-hybridized carbons (Fsp3) is 0.417. The number of rotatable bonds is 4. The van der Waals surface area contributed by atoms with Crippen LogP contribution in [0.1, 0.15) is 25.8 Å². The van der Waals surface area contributed by atoms with Gasteiger partial charge in [0.05, 0.1) is 0 Å². The quantitative estimate of drug-likeness (QED) is 0.829. The molecule has 0 aliphatic rings. The van der Waals surface area contributed by atoms with Gasteiger partial charge in [0.15, 0.2) is 0 Å². The van der Waals surface area contributed by atoms with Crippen LogP contribution in [0.15, 0.2) is 23.1 Å². The Kier molecular flexibility index (Phi) is 4.46. The van der Waals surface area contributed by atoms with Gasteiger partial charge in [-0.2, -0.15) is 5.26 Å². The molecule has 0 aromatic carbocycles. The van der Waals surface area contributed by atoms with Gasteiger partial charge in [0.1, 0.15) is 11.6 Å². The second-order valence-corrected chi connectivity index (χ2v) is 4.00. The van der Waals surface area contributed by atoms with Gasteiger partial charge in [-0.15, -0.1) is 0 Å². The van der Waals surface area contributed by atoms with Crippen LogP contribution in [-0.4, -0.2) is 16.5 Å². The van der Waals surface area contributed by atoms with Crippen LogP contribution in [0.2, 0.25) is 0 Å². The van der Waals surface area contributed by atoms with Crippen LogP contribution in [-0.2, 0) is 11.3 Å². The summed E-state index contributed by atoms with van der Waals surface area (Å²) in [6, 6.07) is 5.00. The maximum atomic E-state index is 11.6. The summed E-state index contributed by atoms with van der Waals surface area (Å²) in [6.07, 6.45) is 1.80. The first kappa shape index (κ1) is 13.0. The molecule has 0 unspecified atom stereocenters. The van der Waals surface area contributed by atoms with Crippen molar-refractivity contribution in [2.45, 2.75) is 32.9 Å². The van der Waals surface area contributed by atoms with Crippen molar-refractivity contribution >= 4 is 5.91 Å². The number of carbonyl (C=O) groups is 1. The predicted molar refractivity (Wildman–Crippen MR) is 63.3 cm³/mol. The molecule has 0 saturated carbocycles. The van der Waals surface area contributed by atoms with E-state index in [4.69, 9.17) is 5.26 Å². The molecule has 0 aliphatic heterocycles. The first-order chi connectivity index (χ1) is 8.04. The van der Waals surface area contributed by atoms with Crippen molar-refractivity contribution in [1.82, 2.24) is 9.88 Å². The lowest BCUT2D eigenvalue weighted by molar-refractivity contribution is -0.121. The zero-order chi connectivity index (χ0) is 12.8. The molecule has 0 radical (unpaired) electrons. The zero-order valence-electron chi connectivity index (χ0n) is 9.93. The molecule has 5 heteroatoms. The lowest BCUT2D eigenvalue weighted by Crippen LogP contribution is -2.32. The average Bonchev–Trinajstić information content (AvgIpc) is 2.27. The van der Waals surface area contributed by atoms with E-state index in [2.05, 4.69) is 5.32 Å². The fourth-order valence-corrected chi connectivity index (χ4v) is 1.41. The first-order valence-corrected chi connectivity index (χ1v) is 5.43. The van der Waals surface area contributed by atoms with E-state index in [0.717, 1.165) is 0 Å². The fourth-order valence-electron chi connectivity index (χ4n) is 1.41. The van der Waals surface area contributed by atoms with Crippen LogP contribution >= 0.6 is 0 Å². The number of aryl methyl sites for hydroxylation is 1. The molecular weight excluding hydrogens is 218 g/mol. The van der Waals surface area contributed by atoms with Gasteiger partial charge in [-0.05, 0) is 26.0 Å². The number of aromatic nitrogens is 1. The Morgan fingerprint density at radius 3 is 2.88 bits per heavy atom. The van der Waals surface area contributed by atoms with Gasteiger partial charge in [-0.1, -0.05) is 0 Å². The summed E-state index contributed by atoms with van der Waals surface area (Å²) in [4.78, 5) is 23.0. The molecule has 17 heavy (non-hydrogen) atoms. The second kappa shape index (κ2) is 5.85. The molecule has 1 heterocycles. The monoisotopic (exact) mass is 233 g/mol. The number of hydrogen-bond donors (Lipinski definition) is 1. The van der Waals surface area contributed by atoms with Crippen LogP contribution < -0.4 is 10.9 Å². The molecule has 0 bridgehead atoms. The minimum atomic E-state index is -0.354. The third-order valence-corrected chi connectivity index (χ3v) is 2.17. The Morgan fingerprint density at radius 2 is 2.29 bits per heavy atom. The van der Waals surface area contributed by atoms with Crippen LogP contribution in [0.5, 0.6) is 0 Å². The Labute approximate surface area is 99.7 Å². The third kappa shape index (κ3) is 3.76. The summed E-state index contributed by atoms with van der Waals surface area (Å²) in [7, 11) is 0. The molecule has 0 fully saturated rings. The van der Waals surface area contributed by atoms with Crippen molar-refractivity contribution < 1.29 is 4.79 Å². The smallest absolute Gasteiger partial charge is 0.268 e. The number of hydrogen-bond acceptors (Lipinski definition) is 3. The van der Waals surface area contributed by atoms with Crippen LogP contribution in [0.3, 0.4) is 0 Å².